The van der Waals surface area contributed by atoms with Crippen molar-refractivity contribution in [1.82, 2.24) is 15.1 Å². The van der Waals surface area contributed by atoms with Crippen molar-refractivity contribution in [1.29, 1.82) is 0 Å². The van der Waals surface area contributed by atoms with Crippen molar-refractivity contribution in [3.05, 3.63) is 0 Å². The van der Waals surface area contributed by atoms with E-state index in [1.54, 1.807) is 0 Å². The topological polar surface area (TPSA) is 48.0 Å². The fraction of sp³-hybridized carbons (Fsp3) is 1.00. The number of nitrogens with one attached hydrogen (secondary N) is 1. The Bertz CT molecular complexity index is 197. The maximum atomic E-state index is 9.89. The van der Waals surface area contributed by atoms with Gasteiger partial charge in [0.1, 0.15) is 0 Å². The molecule has 0 aromatic heterocycles. The van der Waals surface area contributed by atoms with E-state index >= 15 is 0 Å². The number of aliphatic hydroxyl groups is 1. The van der Waals surface area contributed by atoms with Crippen LogP contribution in [-0.2, 0) is 4.74 Å². The second-order valence-corrected chi connectivity index (χ2v) is 5.28. The summed E-state index contributed by atoms with van der Waals surface area (Å²) in [5.41, 5.74) is 0. The standard InChI is InChI=1S/C13H29N3O2/c1-15(2)6-4-3-5-14-11-13(17)12-16-7-9-18-10-8-16/h13-14,17H,3-12H2,1-2H3. The molecular formula is C13H29N3O2. The maximum absolute atomic E-state index is 9.89. The molecule has 0 radical (unpaired) electrons. The van der Waals surface area contributed by atoms with Crippen LogP contribution in [0.25, 0.3) is 0 Å². The zero-order valence-electron chi connectivity index (χ0n) is 11.9. The third kappa shape index (κ3) is 8.00. The van der Waals surface area contributed by atoms with E-state index in [0.717, 1.165) is 45.9 Å². The number of hydrogen-bond acceptors (Lipinski definition) is 5. The van der Waals surface area contributed by atoms with Gasteiger partial charge in [0, 0.05) is 26.2 Å². The Balaban J connectivity index is 1.91. The highest BCUT2D eigenvalue weighted by atomic mass is 16.5. The van der Waals surface area contributed by atoms with Gasteiger partial charge in [-0.2, -0.15) is 0 Å². The number of hydrogen-bond donors (Lipinski definition) is 2. The summed E-state index contributed by atoms with van der Waals surface area (Å²) in [5, 5.41) is 13.2. The predicted molar refractivity (Wildman–Crippen MR) is 73.9 cm³/mol. The fourth-order valence-corrected chi connectivity index (χ4v) is 2.09. The van der Waals surface area contributed by atoms with Crippen LogP contribution in [0.2, 0.25) is 0 Å². The van der Waals surface area contributed by atoms with E-state index in [1.807, 2.05) is 0 Å². The number of β-amino-alcohol motifs (C(OH)–C–C–N with tert-alkyl or cyclic N) is 1. The largest absolute Gasteiger partial charge is 0.390 e. The summed E-state index contributed by atoms with van der Waals surface area (Å²) < 4.78 is 5.28. The second-order valence-electron chi connectivity index (χ2n) is 5.28. The Morgan fingerprint density at radius 1 is 1.28 bits per heavy atom. The van der Waals surface area contributed by atoms with Crippen LogP contribution in [0.4, 0.5) is 0 Å². The molecule has 1 rings (SSSR count). The number of ether oxygens (including phenoxy) is 1. The molecule has 108 valence electrons. The average Bonchev–Trinajstić information content (AvgIpc) is 2.34. The van der Waals surface area contributed by atoms with E-state index in [4.69, 9.17) is 4.74 Å². The summed E-state index contributed by atoms with van der Waals surface area (Å²) in [7, 11) is 4.19. The first-order chi connectivity index (χ1) is 8.68. The Morgan fingerprint density at radius 3 is 2.67 bits per heavy atom. The number of nitrogens with zero attached hydrogens (tertiary/aromatic N) is 2. The Labute approximate surface area is 111 Å². The Hall–Kier alpha value is -0.200. The van der Waals surface area contributed by atoms with Crippen LogP contribution in [0.5, 0.6) is 0 Å². The number of morpholine rings is 1. The van der Waals surface area contributed by atoms with Gasteiger partial charge in [0.15, 0.2) is 0 Å². The molecule has 1 saturated heterocycles. The monoisotopic (exact) mass is 259 g/mol. The molecule has 0 saturated carbocycles. The molecule has 1 atom stereocenters. The highest BCUT2D eigenvalue weighted by Gasteiger charge is 2.14. The molecular weight excluding hydrogens is 230 g/mol. The van der Waals surface area contributed by atoms with Crippen molar-refractivity contribution < 1.29 is 9.84 Å². The van der Waals surface area contributed by atoms with Crippen molar-refractivity contribution >= 4 is 0 Å². The van der Waals surface area contributed by atoms with Gasteiger partial charge in [-0.25, -0.2) is 0 Å². The molecule has 18 heavy (non-hydrogen) atoms. The third-order valence-corrected chi connectivity index (χ3v) is 3.16. The minimum absolute atomic E-state index is 0.267. The summed E-state index contributed by atoms with van der Waals surface area (Å²) >= 11 is 0. The van der Waals surface area contributed by atoms with Crippen LogP contribution in [0, 0.1) is 0 Å². The van der Waals surface area contributed by atoms with E-state index in [2.05, 4.69) is 29.2 Å². The molecule has 1 aliphatic rings. The molecule has 0 amide bonds. The lowest BCUT2D eigenvalue weighted by atomic mass is 10.2. The predicted octanol–water partition coefficient (Wildman–Crippen LogP) is -0.389. The average molecular weight is 259 g/mol. The SMILES string of the molecule is CN(C)CCCCNCC(O)CN1CCOCC1. The lowest BCUT2D eigenvalue weighted by Crippen LogP contribution is -2.43. The van der Waals surface area contributed by atoms with Gasteiger partial charge in [-0.1, -0.05) is 0 Å². The first kappa shape index (κ1) is 15.9. The smallest absolute Gasteiger partial charge is 0.0791 e. The molecule has 1 aliphatic heterocycles. The molecule has 5 nitrogen and oxygen atoms in total. The van der Waals surface area contributed by atoms with Crippen LogP contribution in [0.1, 0.15) is 12.8 Å². The van der Waals surface area contributed by atoms with Crippen LogP contribution in [-0.4, -0.2) is 87.6 Å². The first-order valence-electron chi connectivity index (χ1n) is 7.02. The van der Waals surface area contributed by atoms with Crippen LogP contribution in [0.15, 0.2) is 0 Å². The molecule has 0 aromatic carbocycles. The van der Waals surface area contributed by atoms with Gasteiger partial charge >= 0.3 is 0 Å². The van der Waals surface area contributed by atoms with Gasteiger partial charge in [-0.3, -0.25) is 4.90 Å². The van der Waals surface area contributed by atoms with E-state index < -0.39 is 0 Å². The number of aliphatic hydroxyl groups excluding tert-OH is 1. The highest BCUT2D eigenvalue weighted by molar-refractivity contribution is 4.69. The van der Waals surface area contributed by atoms with Gasteiger partial charge in [0.25, 0.3) is 0 Å². The zero-order chi connectivity index (χ0) is 13.2. The quantitative estimate of drug-likeness (QED) is 0.552. The molecule has 0 bridgehead atoms. The van der Waals surface area contributed by atoms with Crippen LogP contribution >= 0.6 is 0 Å². The molecule has 2 N–H and O–H groups in total. The Kier molecular flexibility index (Phi) is 8.54. The van der Waals surface area contributed by atoms with Gasteiger partial charge in [0.2, 0.25) is 0 Å². The van der Waals surface area contributed by atoms with Crippen molar-refractivity contribution in [3.63, 3.8) is 0 Å². The molecule has 0 aromatic rings. The van der Waals surface area contributed by atoms with Crippen molar-refractivity contribution in [2.24, 2.45) is 0 Å². The summed E-state index contributed by atoms with van der Waals surface area (Å²) in [5.74, 6) is 0. The van der Waals surface area contributed by atoms with Crippen LogP contribution in [0.3, 0.4) is 0 Å². The van der Waals surface area contributed by atoms with E-state index in [-0.39, 0.29) is 6.10 Å². The van der Waals surface area contributed by atoms with Gasteiger partial charge in [0.05, 0.1) is 19.3 Å². The molecule has 0 spiro atoms. The third-order valence-electron chi connectivity index (χ3n) is 3.16. The minimum Gasteiger partial charge on any atom is -0.390 e. The number of unbranched alkanes of at least 4 members (excludes halogenated alkanes) is 1. The van der Waals surface area contributed by atoms with Gasteiger partial charge in [-0.15, -0.1) is 0 Å². The molecule has 5 heteroatoms. The highest BCUT2D eigenvalue weighted by Crippen LogP contribution is 1.98. The van der Waals surface area contributed by atoms with Crippen molar-refractivity contribution in [2.75, 3.05) is 66.6 Å². The molecule has 0 aliphatic carbocycles. The summed E-state index contributed by atoms with van der Waals surface area (Å²) in [4.78, 5) is 4.47. The zero-order valence-corrected chi connectivity index (χ0v) is 11.9. The lowest BCUT2D eigenvalue weighted by Gasteiger charge is -2.28. The fourth-order valence-electron chi connectivity index (χ4n) is 2.09. The van der Waals surface area contributed by atoms with Gasteiger partial charge in [-0.05, 0) is 40.0 Å². The normalized spacial score (nSPS) is 19.3. The first-order valence-corrected chi connectivity index (χ1v) is 7.02. The van der Waals surface area contributed by atoms with Crippen molar-refractivity contribution in [2.45, 2.75) is 18.9 Å². The minimum atomic E-state index is -0.267. The summed E-state index contributed by atoms with van der Waals surface area (Å²) in [6.07, 6.45) is 2.11. The second kappa shape index (κ2) is 9.69. The molecule has 1 unspecified atom stereocenters. The Morgan fingerprint density at radius 2 is 2.00 bits per heavy atom. The summed E-state index contributed by atoms with van der Waals surface area (Å²) in [6, 6.07) is 0. The van der Waals surface area contributed by atoms with Crippen LogP contribution < -0.4 is 5.32 Å². The van der Waals surface area contributed by atoms with E-state index in [1.165, 1.54) is 12.8 Å². The number of rotatable bonds is 9. The molecule has 1 fully saturated rings. The van der Waals surface area contributed by atoms with E-state index in [9.17, 15) is 5.11 Å². The maximum Gasteiger partial charge on any atom is 0.0791 e. The summed E-state index contributed by atoms with van der Waals surface area (Å²) in [6.45, 7) is 7.06. The molecule has 1 heterocycles. The van der Waals surface area contributed by atoms with Gasteiger partial charge < -0.3 is 20.1 Å². The lowest BCUT2D eigenvalue weighted by molar-refractivity contribution is 0.0149. The van der Waals surface area contributed by atoms with E-state index in [0.29, 0.717) is 6.54 Å². The van der Waals surface area contributed by atoms with Crippen molar-refractivity contribution in [3.8, 4) is 0 Å².